The molecule has 2 aliphatic rings. The molecule has 4 heteroatoms. The van der Waals surface area contributed by atoms with E-state index < -0.39 is 0 Å². The van der Waals surface area contributed by atoms with Gasteiger partial charge < -0.3 is 15.0 Å². The van der Waals surface area contributed by atoms with E-state index in [1.165, 1.54) is 12.8 Å². The van der Waals surface area contributed by atoms with Gasteiger partial charge in [0.15, 0.2) is 5.96 Å². The lowest BCUT2D eigenvalue weighted by atomic mass is 9.89. The standard InChI is InChI=1S/C14H27N3O/c1-4-15-13(16-9-14(3)10-18-11-14)17-7-5-12(2)6-8-17/h12H,4-11H2,1-3H3,(H,15,16). The summed E-state index contributed by atoms with van der Waals surface area (Å²) >= 11 is 0. The summed E-state index contributed by atoms with van der Waals surface area (Å²) in [5.41, 5.74) is 0.268. The first-order valence-corrected chi connectivity index (χ1v) is 7.24. The number of hydrogen-bond acceptors (Lipinski definition) is 2. The molecule has 2 rings (SSSR count). The molecule has 0 spiro atoms. The van der Waals surface area contributed by atoms with Crippen molar-refractivity contribution in [1.29, 1.82) is 0 Å². The van der Waals surface area contributed by atoms with Crippen molar-refractivity contribution in [2.45, 2.75) is 33.6 Å². The van der Waals surface area contributed by atoms with E-state index in [0.717, 1.165) is 51.3 Å². The highest BCUT2D eigenvalue weighted by atomic mass is 16.5. The molecule has 2 fully saturated rings. The molecule has 2 aliphatic heterocycles. The SMILES string of the molecule is CCNC(=NCC1(C)COC1)N1CCC(C)CC1. The second-order valence-corrected chi connectivity index (χ2v) is 6.14. The fourth-order valence-electron chi connectivity index (χ4n) is 2.45. The predicted molar refractivity (Wildman–Crippen MR) is 74.9 cm³/mol. The van der Waals surface area contributed by atoms with Gasteiger partial charge in [0.2, 0.25) is 0 Å². The Morgan fingerprint density at radius 2 is 2.06 bits per heavy atom. The first-order chi connectivity index (χ1) is 8.63. The van der Waals surface area contributed by atoms with Crippen LogP contribution >= 0.6 is 0 Å². The average molecular weight is 253 g/mol. The van der Waals surface area contributed by atoms with E-state index in [4.69, 9.17) is 9.73 Å². The zero-order chi connectivity index (χ0) is 13.0. The molecule has 4 nitrogen and oxygen atoms in total. The van der Waals surface area contributed by atoms with Gasteiger partial charge in [0, 0.05) is 25.0 Å². The van der Waals surface area contributed by atoms with Crippen molar-refractivity contribution in [3.8, 4) is 0 Å². The van der Waals surface area contributed by atoms with Gasteiger partial charge >= 0.3 is 0 Å². The Hall–Kier alpha value is -0.770. The van der Waals surface area contributed by atoms with Crippen LogP contribution in [0.15, 0.2) is 4.99 Å². The lowest BCUT2D eigenvalue weighted by Crippen LogP contribution is -2.47. The van der Waals surface area contributed by atoms with E-state index >= 15 is 0 Å². The summed E-state index contributed by atoms with van der Waals surface area (Å²) in [7, 11) is 0. The topological polar surface area (TPSA) is 36.9 Å². The molecule has 2 heterocycles. The minimum atomic E-state index is 0.268. The van der Waals surface area contributed by atoms with Gasteiger partial charge in [-0.15, -0.1) is 0 Å². The number of rotatable bonds is 3. The van der Waals surface area contributed by atoms with Crippen molar-refractivity contribution in [2.24, 2.45) is 16.3 Å². The van der Waals surface area contributed by atoms with Gasteiger partial charge in [0.05, 0.1) is 19.8 Å². The predicted octanol–water partition coefficient (Wildman–Crippen LogP) is 1.72. The maximum atomic E-state index is 5.29. The van der Waals surface area contributed by atoms with Crippen LogP contribution in [0.3, 0.4) is 0 Å². The quantitative estimate of drug-likeness (QED) is 0.614. The van der Waals surface area contributed by atoms with Gasteiger partial charge in [-0.2, -0.15) is 0 Å². The van der Waals surface area contributed by atoms with Gasteiger partial charge in [0.1, 0.15) is 0 Å². The molecule has 0 aliphatic carbocycles. The molecule has 0 aromatic heterocycles. The molecule has 0 saturated carbocycles. The number of guanidine groups is 1. The van der Waals surface area contributed by atoms with Gasteiger partial charge in [0.25, 0.3) is 0 Å². The Morgan fingerprint density at radius 1 is 1.39 bits per heavy atom. The Bertz CT molecular complexity index is 291. The van der Waals surface area contributed by atoms with Crippen molar-refractivity contribution in [1.82, 2.24) is 10.2 Å². The molecule has 0 unspecified atom stereocenters. The molecule has 0 aromatic rings. The minimum absolute atomic E-state index is 0.268. The van der Waals surface area contributed by atoms with Crippen LogP contribution in [-0.2, 0) is 4.74 Å². The molecule has 0 bridgehead atoms. The van der Waals surface area contributed by atoms with Crippen molar-refractivity contribution in [3.63, 3.8) is 0 Å². The highest BCUT2D eigenvalue weighted by Gasteiger charge is 2.33. The summed E-state index contributed by atoms with van der Waals surface area (Å²) in [5.74, 6) is 1.96. The Balaban J connectivity index is 1.91. The minimum Gasteiger partial charge on any atom is -0.380 e. The fraction of sp³-hybridized carbons (Fsp3) is 0.929. The van der Waals surface area contributed by atoms with Crippen LogP contribution in [0.5, 0.6) is 0 Å². The maximum absolute atomic E-state index is 5.29. The van der Waals surface area contributed by atoms with Crippen LogP contribution in [0.2, 0.25) is 0 Å². The number of nitrogens with zero attached hydrogens (tertiary/aromatic N) is 2. The lowest BCUT2D eigenvalue weighted by molar-refractivity contribution is -0.0946. The second-order valence-electron chi connectivity index (χ2n) is 6.14. The molecule has 2 saturated heterocycles. The summed E-state index contributed by atoms with van der Waals surface area (Å²) in [6.45, 7) is 12.5. The zero-order valence-corrected chi connectivity index (χ0v) is 12.0. The average Bonchev–Trinajstić information content (AvgIpc) is 2.33. The molecule has 0 aromatic carbocycles. The molecule has 1 N–H and O–H groups in total. The van der Waals surface area contributed by atoms with Crippen LogP contribution in [0.1, 0.15) is 33.6 Å². The van der Waals surface area contributed by atoms with Crippen LogP contribution in [0.4, 0.5) is 0 Å². The van der Waals surface area contributed by atoms with Gasteiger partial charge in [-0.05, 0) is 25.7 Å². The molecule has 18 heavy (non-hydrogen) atoms. The zero-order valence-electron chi connectivity index (χ0n) is 12.0. The molecule has 104 valence electrons. The molecule has 0 radical (unpaired) electrons. The van der Waals surface area contributed by atoms with Crippen molar-refractivity contribution < 1.29 is 4.74 Å². The third-order valence-corrected chi connectivity index (χ3v) is 3.93. The molecular weight excluding hydrogens is 226 g/mol. The number of likely N-dealkylation sites (tertiary alicyclic amines) is 1. The normalized spacial score (nSPS) is 24.8. The largest absolute Gasteiger partial charge is 0.380 e. The van der Waals surface area contributed by atoms with E-state index in [1.54, 1.807) is 0 Å². The summed E-state index contributed by atoms with van der Waals surface area (Å²) < 4.78 is 5.29. The van der Waals surface area contributed by atoms with E-state index in [2.05, 4.69) is 31.0 Å². The maximum Gasteiger partial charge on any atom is 0.193 e. The highest BCUT2D eigenvalue weighted by molar-refractivity contribution is 5.80. The number of piperidine rings is 1. The highest BCUT2D eigenvalue weighted by Crippen LogP contribution is 2.26. The summed E-state index contributed by atoms with van der Waals surface area (Å²) in [6.07, 6.45) is 2.57. The lowest BCUT2D eigenvalue weighted by Gasteiger charge is -2.38. The number of nitrogens with one attached hydrogen (secondary N) is 1. The summed E-state index contributed by atoms with van der Waals surface area (Å²) in [4.78, 5) is 7.22. The van der Waals surface area contributed by atoms with Crippen molar-refractivity contribution in [3.05, 3.63) is 0 Å². The number of hydrogen-bond donors (Lipinski definition) is 1. The van der Waals surface area contributed by atoms with Crippen molar-refractivity contribution >= 4 is 5.96 Å². The third kappa shape index (κ3) is 3.37. The van der Waals surface area contributed by atoms with Gasteiger partial charge in [-0.3, -0.25) is 4.99 Å². The first kappa shape index (κ1) is 13.7. The van der Waals surface area contributed by atoms with Crippen LogP contribution in [-0.4, -0.2) is 50.3 Å². The smallest absolute Gasteiger partial charge is 0.193 e. The Kier molecular flexibility index (Phi) is 4.49. The van der Waals surface area contributed by atoms with E-state index in [1.807, 2.05) is 0 Å². The summed E-state index contributed by atoms with van der Waals surface area (Å²) in [5, 5.41) is 3.42. The number of ether oxygens (including phenoxy) is 1. The first-order valence-electron chi connectivity index (χ1n) is 7.24. The monoisotopic (exact) mass is 253 g/mol. The molecule has 0 atom stereocenters. The second kappa shape index (κ2) is 5.91. The van der Waals surface area contributed by atoms with Crippen LogP contribution in [0, 0.1) is 11.3 Å². The van der Waals surface area contributed by atoms with E-state index in [-0.39, 0.29) is 5.41 Å². The van der Waals surface area contributed by atoms with E-state index in [9.17, 15) is 0 Å². The molecular formula is C14H27N3O. The molecule has 0 amide bonds. The van der Waals surface area contributed by atoms with Gasteiger partial charge in [-0.25, -0.2) is 0 Å². The third-order valence-electron chi connectivity index (χ3n) is 3.93. The van der Waals surface area contributed by atoms with Crippen LogP contribution < -0.4 is 5.32 Å². The number of aliphatic imine (C=N–C) groups is 1. The summed E-state index contributed by atoms with van der Waals surface area (Å²) in [6, 6.07) is 0. The Morgan fingerprint density at radius 3 is 2.56 bits per heavy atom. The fourth-order valence-corrected chi connectivity index (χ4v) is 2.45. The van der Waals surface area contributed by atoms with Crippen LogP contribution in [0.25, 0.3) is 0 Å². The van der Waals surface area contributed by atoms with E-state index in [0.29, 0.717) is 0 Å². The Labute approximate surface area is 111 Å². The van der Waals surface area contributed by atoms with Gasteiger partial charge in [-0.1, -0.05) is 13.8 Å². The van der Waals surface area contributed by atoms with Crippen molar-refractivity contribution in [2.75, 3.05) is 39.4 Å².